The topological polar surface area (TPSA) is 106 Å². The largest absolute Gasteiger partial charge is 0.467 e. The first kappa shape index (κ1) is 19.1. The number of aromatic nitrogens is 2. The number of hydrogen-bond acceptors (Lipinski definition) is 7. The molecule has 0 saturated heterocycles. The SMILES string of the molecule is COc1nc2c(c(NC3CC(F)C3)n1)CO[C@@]1(CCCc3ccc(N)c(C#N)c31)C2. The van der Waals surface area contributed by atoms with Gasteiger partial charge in [0, 0.05) is 29.3 Å². The van der Waals surface area contributed by atoms with Crippen molar-refractivity contribution in [2.24, 2.45) is 0 Å². The maximum Gasteiger partial charge on any atom is 0.318 e. The van der Waals surface area contributed by atoms with Crippen molar-refractivity contribution in [3.05, 3.63) is 40.1 Å². The van der Waals surface area contributed by atoms with Crippen LogP contribution in [0, 0.1) is 11.3 Å². The Labute approximate surface area is 174 Å². The minimum Gasteiger partial charge on any atom is -0.467 e. The first-order valence-corrected chi connectivity index (χ1v) is 10.3. The molecule has 3 aliphatic rings. The summed E-state index contributed by atoms with van der Waals surface area (Å²) in [4.78, 5) is 9.08. The number of nitrogen functional groups attached to an aromatic ring is 1. The second-order valence-corrected chi connectivity index (χ2v) is 8.38. The summed E-state index contributed by atoms with van der Waals surface area (Å²) >= 11 is 0. The van der Waals surface area contributed by atoms with Gasteiger partial charge in [0.1, 0.15) is 23.7 Å². The van der Waals surface area contributed by atoms with Crippen LogP contribution >= 0.6 is 0 Å². The van der Waals surface area contributed by atoms with Crippen LogP contribution < -0.4 is 15.8 Å². The predicted molar refractivity (Wildman–Crippen MR) is 109 cm³/mol. The van der Waals surface area contributed by atoms with Crippen molar-refractivity contribution in [1.82, 2.24) is 9.97 Å². The van der Waals surface area contributed by atoms with Gasteiger partial charge in [-0.25, -0.2) is 4.39 Å². The number of rotatable bonds is 3. The number of benzene rings is 1. The van der Waals surface area contributed by atoms with Gasteiger partial charge in [-0.1, -0.05) is 6.07 Å². The Morgan fingerprint density at radius 3 is 2.93 bits per heavy atom. The van der Waals surface area contributed by atoms with Gasteiger partial charge in [0.15, 0.2) is 0 Å². The third-order valence-electron chi connectivity index (χ3n) is 6.54. The van der Waals surface area contributed by atoms with Crippen LogP contribution in [-0.2, 0) is 29.8 Å². The van der Waals surface area contributed by atoms with E-state index < -0.39 is 11.8 Å². The molecule has 2 aromatic rings. The molecular weight excluding hydrogens is 385 g/mol. The van der Waals surface area contributed by atoms with Crippen LogP contribution in [-0.4, -0.2) is 29.3 Å². The molecule has 1 aromatic carbocycles. The fourth-order valence-electron chi connectivity index (χ4n) is 4.93. The molecule has 156 valence electrons. The van der Waals surface area contributed by atoms with E-state index >= 15 is 0 Å². The molecular formula is C22H24FN5O2. The summed E-state index contributed by atoms with van der Waals surface area (Å²) < 4.78 is 25.1. The fraction of sp³-hybridized carbons (Fsp3) is 0.500. The molecule has 1 saturated carbocycles. The van der Waals surface area contributed by atoms with Crippen molar-refractivity contribution in [3.63, 3.8) is 0 Å². The zero-order valence-electron chi connectivity index (χ0n) is 16.9. The lowest BCUT2D eigenvalue weighted by atomic mass is 9.72. The molecule has 7 nitrogen and oxygen atoms in total. The lowest BCUT2D eigenvalue weighted by molar-refractivity contribution is -0.0855. The van der Waals surface area contributed by atoms with Crippen molar-refractivity contribution in [2.45, 2.75) is 62.9 Å². The standard InChI is InChI=1S/C22H24FN5O2/c1-29-21-27-18-9-22(6-2-3-12-4-5-17(25)15(10-24)19(12)22)30-11-16(18)20(28-21)26-14-7-13(23)8-14/h4-5,13-14H,2-3,6-9,11,25H2,1H3,(H,26,27,28)/t13?,14?,22-/m0/s1. The molecule has 1 fully saturated rings. The highest BCUT2D eigenvalue weighted by molar-refractivity contribution is 5.63. The van der Waals surface area contributed by atoms with Crippen LogP contribution in [0.3, 0.4) is 0 Å². The third-order valence-corrected chi connectivity index (χ3v) is 6.54. The fourth-order valence-corrected chi connectivity index (χ4v) is 4.93. The molecule has 3 N–H and O–H groups in total. The first-order chi connectivity index (χ1) is 14.5. The number of nitrogens with zero attached hydrogens (tertiary/aromatic N) is 3. The van der Waals surface area contributed by atoms with Crippen LogP contribution in [0.4, 0.5) is 15.9 Å². The predicted octanol–water partition coefficient (Wildman–Crippen LogP) is 3.16. The highest BCUT2D eigenvalue weighted by Crippen LogP contribution is 2.48. The monoisotopic (exact) mass is 409 g/mol. The van der Waals surface area contributed by atoms with Gasteiger partial charge in [0.2, 0.25) is 0 Å². The number of nitriles is 1. The minimum atomic E-state index is -0.754. The van der Waals surface area contributed by atoms with E-state index in [4.69, 9.17) is 15.2 Å². The Kier molecular flexibility index (Phi) is 4.51. The van der Waals surface area contributed by atoms with Gasteiger partial charge in [0.05, 0.1) is 25.0 Å². The number of hydrogen-bond donors (Lipinski definition) is 2. The third kappa shape index (κ3) is 2.96. The highest BCUT2D eigenvalue weighted by atomic mass is 19.1. The molecule has 2 aliphatic carbocycles. The number of halogens is 1. The van der Waals surface area contributed by atoms with E-state index in [1.807, 2.05) is 6.07 Å². The Morgan fingerprint density at radius 2 is 2.20 bits per heavy atom. The Balaban J connectivity index is 1.56. The van der Waals surface area contributed by atoms with Crippen molar-refractivity contribution >= 4 is 11.5 Å². The quantitative estimate of drug-likeness (QED) is 0.750. The Bertz CT molecular complexity index is 1050. The lowest BCUT2D eigenvalue weighted by Crippen LogP contribution is -2.42. The van der Waals surface area contributed by atoms with Crippen molar-refractivity contribution in [1.29, 1.82) is 5.26 Å². The summed E-state index contributed by atoms with van der Waals surface area (Å²) in [6, 6.07) is 6.42. The molecule has 1 spiro atoms. The van der Waals surface area contributed by atoms with E-state index in [2.05, 4.69) is 21.4 Å². The first-order valence-electron chi connectivity index (χ1n) is 10.3. The average Bonchev–Trinajstić information content (AvgIpc) is 2.72. The smallest absolute Gasteiger partial charge is 0.318 e. The molecule has 0 unspecified atom stereocenters. The van der Waals surface area contributed by atoms with Crippen LogP contribution in [0.15, 0.2) is 12.1 Å². The second-order valence-electron chi connectivity index (χ2n) is 8.38. The number of ether oxygens (including phenoxy) is 2. The highest BCUT2D eigenvalue weighted by Gasteiger charge is 2.44. The number of methoxy groups -OCH3 is 1. The number of fused-ring (bicyclic) bond motifs is 3. The van der Waals surface area contributed by atoms with E-state index in [9.17, 15) is 9.65 Å². The molecule has 2 heterocycles. The van der Waals surface area contributed by atoms with E-state index in [0.717, 1.165) is 41.6 Å². The van der Waals surface area contributed by atoms with Gasteiger partial charge in [0.25, 0.3) is 0 Å². The summed E-state index contributed by atoms with van der Waals surface area (Å²) in [6.45, 7) is 0.312. The van der Waals surface area contributed by atoms with Gasteiger partial charge >= 0.3 is 6.01 Å². The zero-order chi connectivity index (χ0) is 20.9. The van der Waals surface area contributed by atoms with Crippen molar-refractivity contribution in [3.8, 4) is 12.1 Å². The number of anilines is 2. The van der Waals surface area contributed by atoms with E-state index in [0.29, 0.717) is 42.9 Å². The normalized spacial score (nSPS) is 26.8. The van der Waals surface area contributed by atoms with E-state index in [1.54, 1.807) is 6.07 Å². The molecule has 5 rings (SSSR count). The van der Waals surface area contributed by atoms with Crippen LogP contribution in [0.5, 0.6) is 6.01 Å². The molecule has 1 aliphatic heterocycles. The maximum atomic E-state index is 13.3. The lowest BCUT2D eigenvalue weighted by Gasteiger charge is -2.43. The summed E-state index contributed by atoms with van der Waals surface area (Å²) in [7, 11) is 1.53. The molecule has 1 atom stereocenters. The number of nitrogens with two attached hydrogens (primary N) is 1. The summed E-state index contributed by atoms with van der Waals surface area (Å²) in [5.74, 6) is 0.646. The average molecular weight is 409 g/mol. The maximum absolute atomic E-state index is 13.3. The van der Waals surface area contributed by atoms with Crippen molar-refractivity contribution in [2.75, 3.05) is 18.2 Å². The van der Waals surface area contributed by atoms with Gasteiger partial charge in [-0.2, -0.15) is 15.2 Å². The second kappa shape index (κ2) is 7.10. The number of alkyl halides is 1. The van der Waals surface area contributed by atoms with Gasteiger partial charge < -0.3 is 20.5 Å². The number of nitrogens with one attached hydrogen (secondary N) is 1. The summed E-state index contributed by atoms with van der Waals surface area (Å²) in [5.41, 5.74) is 10.2. The molecule has 1 aromatic heterocycles. The molecule has 0 bridgehead atoms. The van der Waals surface area contributed by atoms with E-state index in [1.165, 1.54) is 7.11 Å². The minimum absolute atomic E-state index is 0.0555. The van der Waals surface area contributed by atoms with Crippen LogP contribution in [0.2, 0.25) is 0 Å². The van der Waals surface area contributed by atoms with E-state index in [-0.39, 0.29) is 12.1 Å². The molecule has 0 radical (unpaired) electrons. The van der Waals surface area contributed by atoms with Crippen molar-refractivity contribution < 1.29 is 13.9 Å². The van der Waals surface area contributed by atoms with Crippen LogP contribution in [0.1, 0.15) is 53.6 Å². The summed E-state index contributed by atoms with van der Waals surface area (Å²) in [6.07, 6.45) is 3.36. The number of aryl methyl sites for hydroxylation is 1. The Hall–Kier alpha value is -2.92. The molecule has 8 heteroatoms. The molecule has 0 amide bonds. The summed E-state index contributed by atoms with van der Waals surface area (Å²) in [5, 5.41) is 13.1. The van der Waals surface area contributed by atoms with Gasteiger partial charge in [-0.3, -0.25) is 0 Å². The van der Waals surface area contributed by atoms with Crippen LogP contribution in [0.25, 0.3) is 0 Å². The van der Waals surface area contributed by atoms with Gasteiger partial charge in [-0.05, 0) is 43.7 Å². The van der Waals surface area contributed by atoms with Gasteiger partial charge in [-0.15, -0.1) is 0 Å². The molecule has 30 heavy (non-hydrogen) atoms. The Morgan fingerprint density at radius 1 is 1.37 bits per heavy atom. The zero-order valence-corrected chi connectivity index (χ0v) is 16.9.